The van der Waals surface area contributed by atoms with Crippen LogP contribution in [0, 0.1) is 6.92 Å². The van der Waals surface area contributed by atoms with Crippen LogP contribution in [0.1, 0.15) is 32.1 Å². The normalized spacial score (nSPS) is 11.0. The predicted molar refractivity (Wildman–Crippen MR) is 91.0 cm³/mol. The fraction of sp³-hybridized carbons (Fsp3) is 0.0526. The molecule has 118 valence electrons. The first-order chi connectivity index (χ1) is 11.5. The summed E-state index contributed by atoms with van der Waals surface area (Å²) in [7, 11) is 0. The molecule has 0 aliphatic carbocycles. The van der Waals surface area contributed by atoms with E-state index in [9.17, 15) is 9.59 Å². The molecular weight excluding hydrogens is 304 g/mol. The average Bonchev–Trinajstić information content (AvgIpc) is 2.59. The number of carboxylic acid groups (broad SMARTS) is 1. The summed E-state index contributed by atoms with van der Waals surface area (Å²) in [4.78, 5) is 32.0. The van der Waals surface area contributed by atoms with Crippen molar-refractivity contribution in [1.29, 1.82) is 0 Å². The van der Waals surface area contributed by atoms with Crippen LogP contribution in [0.5, 0.6) is 0 Å². The maximum absolute atomic E-state index is 12.4. The Labute approximate surface area is 138 Å². The van der Waals surface area contributed by atoms with Crippen LogP contribution < -0.4 is 0 Å². The van der Waals surface area contributed by atoms with Crippen LogP contribution in [-0.4, -0.2) is 26.8 Å². The fourth-order valence-corrected chi connectivity index (χ4v) is 2.31. The Morgan fingerprint density at radius 2 is 1.58 bits per heavy atom. The first-order valence-corrected chi connectivity index (χ1v) is 7.34. The largest absolute Gasteiger partial charge is 0.478 e. The van der Waals surface area contributed by atoms with Crippen LogP contribution in [0.25, 0.3) is 17.1 Å². The van der Waals surface area contributed by atoms with Gasteiger partial charge in [-0.15, -0.1) is 0 Å². The van der Waals surface area contributed by atoms with Crippen molar-refractivity contribution in [3.8, 4) is 0 Å². The second-order valence-electron chi connectivity index (χ2n) is 5.27. The van der Waals surface area contributed by atoms with Gasteiger partial charge in [0.1, 0.15) is 5.69 Å². The van der Waals surface area contributed by atoms with Gasteiger partial charge in [-0.25, -0.2) is 14.8 Å². The minimum atomic E-state index is -0.983. The van der Waals surface area contributed by atoms with Gasteiger partial charge in [-0.2, -0.15) is 0 Å². The number of allylic oxidation sites excluding steroid dienone is 1. The third-order valence-corrected chi connectivity index (χ3v) is 3.56. The molecule has 0 unspecified atom stereocenters. The molecule has 0 aliphatic rings. The monoisotopic (exact) mass is 318 g/mol. The van der Waals surface area contributed by atoms with E-state index in [1.807, 2.05) is 24.3 Å². The highest BCUT2D eigenvalue weighted by molar-refractivity contribution is 6.07. The van der Waals surface area contributed by atoms with Gasteiger partial charge in [-0.3, -0.25) is 4.79 Å². The molecule has 0 atom stereocenters. The van der Waals surface area contributed by atoms with Crippen molar-refractivity contribution < 1.29 is 14.7 Å². The molecular formula is C19H14N2O3. The average molecular weight is 318 g/mol. The number of aromatic carboxylic acids is 1. The van der Waals surface area contributed by atoms with Crippen LogP contribution in [0.4, 0.5) is 0 Å². The minimum absolute atomic E-state index is 0.203. The lowest BCUT2D eigenvalue weighted by molar-refractivity contribution is 0.0696. The van der Waals surface area contributed by atoms with E-state index < -0.39 is 5.97 Å². The van der Waals surface area contributed by atoms with Crippen LogP contribution in [0.15, 0.2) is 54.6 Å². The van der Waals surface area contributed by atoms with Crippen molar-refractivity contribution in [3.63, 3.8) is 0 Å². The topological polar surface area (TPSA) is 80.2 Å². The molecule has 0 saturated carbocycles. The number of carboxylic acids is 1. The molecule has 5 nitrogen and oxygen atoms in total. The van der Waals surface area contributed by atoms with Crippen LogP contribution in [0.2, 0.25) is 0 Å². The van der Waals surface area contributed by atoms with E-state index in [2.05, 4.69) is 9.97 Å². The van der Waals surface area contributed by atoms with Crippen molar-refractivity contribution in [2.75, 3.05) is 0 Å². The smallest absolute Gasteiger partial charge is 0.335 e. The van der Waals surface area contributed by atoms with Gasteiger partial charge in [0.25, 0.3) is 0 Å². The van der Waals surface area contributed by atoms with Crippen molar-refractivity contribution in [1.82, 2.24) is 9.97 Å². The quantitative estimate of drug-likeness (QED) is 0.588. The molecule has 24 heavy (non-hydrogen) atoms. The Hall–Kier alpha value is -3.34. The number of hydrogen-bond donors (Lipinski definition) is 1. The van der Waals surface area contributed by atoms with Gasteiger partial charge in [-0.1, -0.05) is 30.3 Å². The molecule has 1 N–H and O–H groups in total. The second-order valence-corrected chi connectivity index (χ2v) is 5.27. The van der Waals surface area contributed by atoms with Gasteiger partial charge in [-0.05, 0) is 42.8 Å². The number of para-hydroxylation sites is 2. The predicted octanol–water partition coefficient (Wildman–Crippen LogP) is 3.53. The first kappa shape index (κ1) is 15.6. The fourth-order valence-electron chi connectivity index (χ4n) is 2.31. The van der Waals surface area contributed by atoms with Crippen LogP contribution in [-0.2, 0) is 0 Å². The molecule has 3 rings (SSSR count). The van der Waals surface area contributed by atoms with Gasteiger partial charge >= 0.3 is 5.97 Å². The highest BCUT2D eigenvalue weighted by Gasteiger charge is 2.11. The maximum Gasteiger partial charge on any atom is 0.335 e. The SMILES string of the molecule is Cc1nc2ccccc2nc1C(=O)/C=C/c1ccc(C(=O)O)cc1. The summed E-state index contributed by atoms with van der Waals surface area (Å²) >= 11 is 0. The lowest BCUT2D eigenvalue weighted by Crippen LogP contribution is -2.04. The third kappa shape index (κ3) is 3.20. The molecule has 0 saturated heterocycles. The molecule has 0 spiro atoms. The zero-order valence-electron chi connectivity index (χ0n) is 12.9. The molecule has 1 aromatic heterocycles. The number of nitrogens with zero attached hydrogens (tertiary/aromatic N) is 2. The van der Waals surface area contributed by atoms with Gasteiger partial charge in [0.05, 0.1) is 22.3 Å². The Kier molecular flexibility index (Phi) is 4.16. The Morgan fingerprint density at radius 3 is 2.21 bits per heavy atom. The molecule has 0 fully saturated rings. The Morgan fingerprint density at radius 1 is 0.958 bits per heavy atom. The van der Waals surface area contributed by atoms with Crippen molar-refractivity contribution in [3.05, 3.63) is 77.1 Å². The van der Waals surface area contributed by atoms with E-state index in [0.717, 1.165) is 11.1 Å². The third-order valence-electron chi connectivity index (χ3n) is 3.56. The van der Waals surface area contributed by atoms with E-state index in [-0.39, 0.29) is 11.3 Å². The highest BCUT2D eigenvalue weighted by atomic mass is 16.4. The number of aromatic nitrogens is 2. The van der Waals surface area contributed by atoms with Crippen molar-refractivity contribution >= 4 is 28.9 Å². The molecule has 5 heteroatoms. The summed E-state index contributed by atoms with van der Waals surface area (Å²) in [5.74, 6) is -1.23. The summed E-state index contributed by atoms with van der Waals surface area (Å²) < 4.78 is 0. The zero-order chi connectivity index (χ0) is 17.1. The van der Waals surface area contributed by atoms with Gasteiger partial charge in [0.15, 0.2) is 0 Å². The lowest BCUT2D eigenvalue weighted by Gasteiger charge is -2.03. The first-order valence-electron chi connectivity index (χ1n) is 7.34. The number of aryl methyl sites for hydroxylation is 1. The van der Waals surface area contributed by atoms with Crippen molar-refractivity contribution in [2.24, 2.45) is 0 Å². The molecule has 3 aromatic rings. The summed E-state index contributed by atoms with van der Waals surface area (Å²) in [5.41, 5.74) is 3.25. The number of carbonyl (C=O) groups excluding carboxylic acids is 1. The number of hydrogen-bond acceptors (Lipinski definition) is 4. The van der Waals surface area contributed by atoms with Crippen molar-refractivity contribution in [2.45, 2.75) is 6.92 Å². The zero-order valence-corrected chi connectivity index (χ0v) is 12.9. The number of rotatable bonds is 4. The van der Waals surface area contributed by atoms with E-state index in [4.69, 9.17) is 5.11 Å². The Balaban J connectivity index is 1.86. The lowest BCUT2D eigenvalue weighted by atomic mass is 10.1. The molecule has 0 radical (unpaired) electrons. The van der Waals surface area contributed by atoms with Crippen LogP contribution >= 0.6 is 0 Å². The summed E-state index contributed by atoms with van der Waals surface area (Å²) in [6, 6.07) is 13.7. The summed E-state index contributed by atoms with van der Waals surface area (Å²) in [6.07, 6.45) is 3.05. The van der Waals surface area contributed by atoms with E-state index >= 15 is 0 Å². The van der Waals surface area contributed by atoms with E-state index in [1.165, 1.54) is 18.2 Å². The molecule has 0 aliphatic heterocycles. The molecule has 0 bridgehead atoms. The summed E-state index contributed by atoms with van der Waals surface area (Å²) in [5, 5.41) is 8.87. The molecule has 1 heterocycles. The second kappa shape index (κ2) is 6.42. The summed E-state index contributed by atoms with van der Waals surface area (Å²) in [6.45, 7) is 1.75. The number of ketones is 1. The van der Waals surface area contributed by atoms with Crippen LogP contribution in [0.3, 0.4) is 0 Å². The van der Waals surface area contributed by atoms with E-state index in [1.54, 1.807) is 25.1 Å². The maximum atomic E-state index is 12.4. The van der Waals surface area contributed by atoms with Gasteiger partial charge in [0, 0.05) is 0 Å². The number of carbonyl (C=O) groups is 2. The minimum Gasteiger partial charge on any atom is -0.478 e. The molecule has 0 amide bonds. The van der Waals surface area contributed by atoms with Gasteiger partial charge in [0.2, 0.25) is 5.78 Å². The highest BCUT2D eigenvalue weighted by Crippen LogP contribution is 2.14. The standard InChI is InChI=1S/C19H14N2O3/c1-12-18(21-16-5-3-2-4-15(16)20-12)17(22)11-8-13-6-9-14(10-7-13)19(23)24/h2-11H,1H3,(H,23,24)/b11-8+. The molecule has 2 aromatic carbocycles. The Bertz CT molecular complexity index is 960. The number of benzene rings is 2. The number of fused-ring (bicyclic) bond motifs is 1. The van der Waals surface area contributed by atoms with E-state index in [0.29, 0.717) is 16.9 Å². The van der Waals surface area contributed by atoms with Gasteiger partial charge < -0.3 is 5.11 Å².